The summed E-state index contributed by atoms with van der Waals surface area (Å²) in [6.07, 6.45) is 7.73. The van der Waals surface area contributed by atoms with E-state index >= 15 is 0 Å². The predicted octanol–water partition coefficient (Wildman–Crippen LogP) is 2.75. The lowest BCUT2D eigenvalue weighted by molar-refractivity contribution is -0.174. The first kappa shape index (κ1) is 16.5. The van der Waals surface area contributed by atoms with E-state index in [2.05, 4.69) is 19.2 Å². The molecule has 4 rings (SSSR count). The van der Waals surface area contributed by atoms with Crippen molar-refractivity contribution in [2.24, 2.45) is 17.8 Å². The second-order valence-corrected chi connectivity index (χ2v) is 7.63. The molecule has 2 N–H and O–H groups in total. The lowest BCUT2D eigenvalue weighted by atomic mass is 9.54. The molecule has 4 bridgehead atoms. The molecule has 1 atom stereocenters. The highest BCUT2D eigenvalue weighted by atomic mass is 35.5. The van der Waals surface area contributed by atoms with Gasteiger partial charge >= 0.3 is 0 Å². The largest absolute Gasteiger partial charge is 0.389 e. The molecule has 0 aromatic carbocycles. The maximum absolute atomic E-state index is 10.0. The van der Waals surface area contributed by atoms with Crippen LogP contribution in [0, 0.1) is 17.8 Å². The summed E-state index contributed by atoms with van der Waals surface area (Å²) in [4.78, 5) is 0. The van der Waals surface area contributed by atoms with Crippen LogP contribution in [0.4, 0.5) is 0 Å². The van der Waals surface area contributed by atoms with Gasteiger partial charge in [0.2, 0.25) is 0 Å². The molecule has 1 unspecified atom stereocenters. The number of hydrogen-bond donors (Lipinski definition) is 2. The first-order valence-corrected chi connectivity index (χ1v) is 8.10. The first-order valence-electron chi connectivity index (χ1n) is 8.10. The molecular weight excluding hydrogens is 274 g/mol. The second-order valence-electron chi connectivity index (χ2n) is 7.63. The Hall–Kier alpha value is 0.170. The Kier molecular flexibility index (Phi) is 5.39. The minimum Gasteiger partial charge on any atom is -0.389 e. The van der Waals surface area contributed by atoms with E-state index < -0.39 is 0 Å². The van der Waals surface area contributed by atoms with Crippen LogP contribution in [0.25, 0.3) is 0 Å². The summed E-state index contributed by atoms with van der Waals surface area (Å²) in [7, 11) is 0. The minimum atomic E-state index is -0.365. The number of aliphatic hydroxyl groups excluding tert-OH is 1. The average molecular weight is 304 g/mol. The molecular formula is C16H30ClNO2. The predicted molar refractivity (Wildman–Crippen MR) is 83.2 cm³/mol. The molecule has 0 aliphatic heterocycles. The summed E-state index contributed by atoms with van der Waals surface area (Å²) in [6.45, 7) is 5.36. The van der Waals surface area contributed by atoms with Crippen LogP contribution < -0.4 is 5.32 Å². The van der Waals surface area contributed by atoms with E-state index in [4.69, 9.17) is 4.74 Å². The van der Waals surface area contributed by atoms with Crippen LogP contribution in [0.3, 0.4) is 0 Å². The maximum atomic E-state index is 10.0. The molecule has 0 heterocycles. The topological polar surface area (TPSA) is 41.5 Å². The number of rotatable bonds is 6. The highest BCUT2D eigenvalue weighted by molar-refractivity contribution is 5.85. The molecule has 0 aromatic heterocycles. The van der Waals surface area contributed by atoms with Crippen molar-refractivity contribution in [2.45, 2.75) is 70.1 Å². The van der Waals surface area contributed by atoms with E-state index in [9.17, 15) is 5.11 Å². The van der Waals surface area contributed by atoms with Crippen molar-refractivity contribution in [1.29, 1.82) is 0 Å². The van der Waals surface area contributed by atoms with Gasteiger partial charge in [0.15, 0.2) is 0 Å². The van der Waals surface area contributed by atoms with E-state index in [1.54, 1.807) is 0 Å². The highest BCUT2D eigenvalue weighted by Gasteiger charge is 2.51. The highest BCUT2D eigenvalue weighted by Crippen LogP contribution is 2.57. The van der Waals surface area contributed by atoms with Crippen molar-refractivity contribution in [3.63, 3.8) is 0 Å². The van der Waals surface area contributed by atoms with Gasteiger partial charge in [0, 0.05) is 12.6 Å². The maximum Gasteiger partial charge on any atom is 0.0898 e. The summed E-state index contributed by atoms with van der Waals surface area (Å²) >= 11 is 0. The van der Waals surface area contributed by atoms with Crippen molar-refractivity contribution in [1.82, 2.24) is 5.32 Å². The van der Waals surface area contributed by atoms with Crippen LogP contribution in [0.15, 0.2) is 0 Å². The van der Waals surface area contributed by atoms with Gasteiger partial charge in [-0.1, -0.05) is 13.8 Å². The Morgan fingerprint density at radius 3 is 2.05 bits per heavy atom. The molecule has 4 heteroatoms. The Morgan fingerprint density at radius 2 is 1.60 bits per heavy atom. The Labute approximate surface area is 129 Å². The van der Waals surface area contributed by atoms with Gasteiger partial charge in [-0.15, -0.1) is 12.4 Å². The Balaban J connectivity index is 0.00000147. The van der Waals surface area contributed by atoms with Gasteiger partial charge < -0.3 is 15.2 Å². The molecule has 4 fully saturated rings. The Bertz CT molecular complexity index is 286. The quantitative estimate of drug-likeness (QED) is 0.793. The fraction of sp³-hybridized carbons (Fsp3) is 1.00. The number of ether oxygens (including phenoxy) is 1. The van der Waals surface area contributed by atoms with Crippen LogP contribution >= 0.6 is 12.4 Å². The van der Waals surface area contributed by atoms with Gasteiger partial charge in [0.1, 0.15) is 0 Å². The zero-order valence-corrected chi connectivity index (χ0v) is 13.6. The fourth-order valence-corrected chi connectivity index (χ4v) is 4.91. The zero-order valence-electron chi connectivity index (χ0n) is 12.8. The van der Waals surface area contributed by atoms with E-state index in [1.807, 2.05) is 0 Å². The van der Waals surface area contributed by atoms with Gasteiger partial charge in [-0.05, 0) is 56.3 Å². The van der Waals surface area contributed by atoms with Crippen LogP contribution in [0.2, 0.25) is 0 Å². The van der Waals surface area contributed by atoms with Crippen LogP contribution in [-0.4, -0.2) is 36.0 Å². The summed E-state index contributed by atoms with van der Waals surface area (Å²) in [5, 5.41) is 13.3. The number of nitrogens with one attached hydrogen (secondary N) is 1. The van der Waals surface area contributed by atoms with Crippen LogP contribution in [0.1, 0.15) is 52.4 Å². The van der Waals surface area contributed by atoms with Gasteiger partial charge in [-0.3, -0.25) is 0 Å². The smallest absolute Gasteiger partial charge is 0.0898 e. The molecule has 0 saturated heterocycles. The van der Waals surface area contributed by atoms with Gasteiger partial charge in [-0.25, -0.2) is 0 Å². The monoisotopic (exact) mass is 303 g/mol. The van der Waals surface area contributed by atoms with E-state index in [-0.39, 0.29) is 24.1 Å². The third kappa shape index (κ3) is 3.68. The lowest BCUT2D eigenvalue weighted by Crippen LogP contribution is -2.53. The van der Waals surface area contributed by atoms with Crippen molar-refractivity contribution in [3.05, 3.63) is 0 Å². The number of halogens is 1. The second kappa shape index (κ2) is 6.51. The third-order valence-electron chi connectivity index (χ3n) is 5.33. The summed E-state index contributed by atoms with van der Waals surface area (Å²) in [6, 6.07) is 0.425. The first-order chi connectivity index (χ1) is 9.05. The summed E-state index contributed by atoms with van der Waals surface area (Å²) < 4.78 is 6.25. The van der Waals surface area contributed by atoms with Crippen molar-refractivity contribution < 1.29 is 9.84 Å². The molecule has 118 valence electrons. The Morgan fingerprint density at radius 1 is 1.10 bits per heavy atom. The van der Waals surface area contributed by atoms with Crippen LogP contribution in [0.5, 0.6) is 0 Å². The number of aliphatic hydroxyl groups is 1. The van der Waals surface area contributed by atoms with E-state index in [1.165, 1.54) is 38.5 Å². The molecule has 0 amide bonds. The van der Waals surface area contributed by atoms with Crippen LogP contribution in [-0.2, 0) is 4.74 Å². The third-order valence-corrected chi connectivity index (χ3v) is 5.33. The van der Waals surface area contributed by atoms with Crippen molar-refractivity contribution in [3.8, 4) is 0 Å². The fourth-order valence-electron chi connectivity index (χ4n) is 4.91. The molecule has 3 nitrogen and oxygen atoms in total. The normalized spacial score (nSPS) is 39.9. The van der Waals surface area contributed by atoms with Crippen molar-refractivity contribution >= 4 is 12.4 Å². The van der Waals surface area contributed by atoms with Gasteiger partial charge in [-0.2, -0.15) is 0 Å². The molecule has 4 aliphatic rings. The standard InChI is InChI=1S/C16H29NO2.ClH/c1-11(2)17-9-15(18)10-19-16-6-12-3-13(7-16)5-14(4-12)8-16;/h11-15,17-18H,3-10H2,1-2H3;1H. The number of hydrogen-bond acceptors (Lipinski definition) is 3. The molecule has 20 heavy (non-hydrogen) atoms. The zero-order chi connectivity index (χ0) is 13.5. The molecule has 4 saturated carbocycles. The lowest BCUT2D eigenvalue weighted by Gasteiger charge is -2.56. The molecule has 0 aromatic rings. The average Bonchev–Trinajstić information content (AvgIpc) is 2.32. The van der Waals surface area contributed by atoms with Gasteiger partial charge in [0.25, 0.3) is 0 Å². The van der Waals surface area contributed by atoms with E-state index in [0.717, 1.165) is 17.8 Å². The SMILES string of the molecule is CC(C)NCC(O)COC12CC3CC(CC(C3)C1)C2.Cl. The van der Waals surface area contributed by atoms with Gasteiger partial charge in [0.05, 0.1) is 18.3 Å². The summed E-state index contributed by atoms with van der Waals surface area (Å²) in [5.74, 6) is 2.74. The molecule has 0 radical (unpaired) electrons. The minimum absolute atomic E-state index is 0. The molecule has 4 aliphatic carbocycles. The van der Waals surface area contributed by atoms with Crippen molar-refractivity contribution in [2.75, 3.05) is 13.2 Å². The summed E-state index contributed by atoms with van der Waals surface area (Å²) in [5.41, 5.74) is 0.133. The molecule has 0 spiro atoms. The van der Waals surface area contributed by atoms with E-state index in [0.29, 0.717) is 19.2 Å².